The summed E-state index contributed by atoms with van der Waals surface area (Å²) in [5.74, 6) is -3.35. The van der Waals surface area contributed by atoms with E-state index in [1.54, 1.807) is 30.3 Å². The molecule has 2 aliphatic rings. The average molecular weight is 475 g/mol. The lowest BCUT2D eigenvalue weighted by atomic mass is 9.78. The van der Waals surface area contributed by atoms with E-state index in [4.69, 9.17) is 9.47 Å². The number of hydrogen-bond acceptors (Lipinski definition) is 7. The average Bonchev–Trinajstić information content (AvgIpc) is 3.13. The van der Waals surface area contributed by atoms with Crippen molar-refractivity contribution >= 4 is 29.5 Å². The second-order valence-electron chi connectivity index (χ2n) is 8.69. The molecular weight excluding hydrogens is 450 g/mol. The highest BCUT2D eigenvalue weighted by Crippen LogP contribution is 2.39. The lowest BCUT2D eigenvalue weighted by molar-refractivity contribution is -0.157. The molecule has 0 radical (unpaired) electrons. The van der Waals surface area contributed by atoms with Gasteiger partial charge >= 0.3 is 11.9 Å². The molecule has 8 heteroatoms. The maximum atomic E-state index is 12.8. The highest BCUT2D eigenvalue weighted by atomic mass is 16.5. The number of ketones is 1. The molecule has 0 bridgehead atoms. The monoisotopic (exact) mass is 475 g/mol. The van der Waals surface area contributed by atoms with E-state index in [-0.39, 0.29) is 29.0 Å². The number of rotatable bonds is 7. The zero-order valence-electron chi connectivity index (χ0n) is 19.4. The van der Waals surface area contributed by atoms with Crippen molar-refractivity contribution in [1.29, 1.82) is 0 Å². The molecular formula is C27H25NO7. The Morgan fingerprint density at radius 1 is 0.971 bits per heavy atom. The smallest absolute Gasteiger partial charge is 0.343 e. The molecule has 4 unspecified atom stereocenters. The number of benzene rings is 2. The van der Waals surface area contributed by atoms with Crippen molar-refractivity contribution in [3.8, 4) is 5.75 Å². The van der Waals surface area contributed by atoms with Crippen LogP contribution in [0.5, 0.6) is 5.75 Å². The number of nitrogens with zero attached hydrogens (tertiary/aromatic N) is 1. The van der Waals surface area contributed by atoms with Crippen LogP contribution in [0, 0.1) is 17.8 Å². The Kier molecular flexibility index (Phi) is 6.91. The van der Waals surface area contributed by atoms with E-state index >= 15 is 0 Å². The summed E-state index contributed by atoms with van der Waals surface area (Å²) in [5, 5.41) is 0. The van der Waals surface area contributed by atoms with Crippen LogP contribution in [0.15, 0.2) is 66.7 Å². The van der Waals surface area contributed by atoms with Crippen LogP contribution in [0.3, 0.4) is 0 Å². The van der Waals surface area contributed by atoms with Crippen LogP contribution < -0.4 is 4.74 Å². The van der Waals surface area contributed by atoms with E-state index in [9.17, 15) is 24.0 Å². The van der Waals surface area contributed by atoms with Crippen LogP contribution in [-0.4, -0.2) is 47.1 Å². The number of ether oxygens (including phenoxy) is 2. The zero-order valence-corrected chi connectivity index (χ0v) is 19.4. The normalized spacial score (nSPS) is 21.9. The van der Waals surface area contributed by atoms with Crippen LogP contribution in [0.2, 0.25) is 0 Å². The molecule has 1 saturated heterocycles. The Hall–Kier alpha value is -4.07. The minimum atomic E-state index is -1.12. The van der Waals surface area contributed by atoms with Crippen molar-refractivity contribution in [3.05, 3.63) is 77.9 Å². The molecule has 1 aliphatic carbocycles. The Morgan fingerprint density at radius 2 is 1.66 bits per heavy atom. The zero-order chi connectivity index (χ0) is 25.1. The van der Waals surface area contributed by atoms with E-state index in [1.165, 1.54) is 31.2 Å². The van der Waals surface area contributed by atoms with Gasteiger partial charge in [-0.15, -0.1) is 0 Å². The SMILES string of the molecule is CC1C=CCC2C(=O)N(C(C)C(=O)OCC(=O)c3ccc(OC(=O)c4ccccc4)cc3)C(=O)C12. The molecule has 1 aliphatic heterocycles. The van der Waals surface area contributed by atoms with Crippen LogP contribution in [0.1, 0.15) is 41.0 Å². The Balaban J connectivity index is 1.32. The van der Waals surface area contributed by atoms with Gasteiger partial charge in [-0.1, -0.05) is 37.3 Å². The molecule has 1 fully saturated rings. The van der Waals surface area contributed by atoms with E-state index in [0.29, 0.717) is 12.0 Å². The number of carbonyl (C=O) groups excluding carboxylic acids is 5. The van der Waals surface area contributed by atoms with E-state index in [0.717, 1.165) is 4.90 Å². The molecule has 4 rings (SSSR count). The summed E-state index contributed by atoms with van der Waals surface area (Å²) in [6, 6.07) is 13.2. The summed E-state index contributed by atoms with van der Waals surface area (Å²) in [6.07, 6.45) is 4.26. The molecule has 0 N–H and O–H groups in total. The molecule has 0 aromatic heterocycles. The number of amides is 2. The van der Waals surface area contributed by atoms with Crippen molar-refractivity contribution < 1.29 is 33.4 Å². The maximum Gasteiger partial charge on any atom is 0.343 e. The number of hydrogen-bond donors (Lipinski definition) is 0. The van der Waals surface area contributed by atoms with Gasteiger partial charge in [-0.25, -0.2) is 9.59 Å². The number of carbonyl (C=O) groups is 5. The van der Waals surface area contributed by atoms with Crippen molar-refractivity contribution in [2.45, 2.75) is 26.3 Å². The van der Waals surface area contributed by atoms with Gasteiger partial charge in [0.1, 0.15) is 11.8 Å². The first-order chi connectivity index (χ1) is 16.8. The number of likely N-dealkylation sites (tertiary alicyclic amines) is 1. The minimum absolute atomic E-state index is 0.0880. The third kappa shape index (κ3) is 4.91. The molecule has 0 saturated carbocycles. The summed E-state index contributed by atoms with van der Waals surface area (Å²) in [5.41, 5.74) is 0.651. The van der Waals surface area contributed by atoms with E-state index in [1.807, 2.05) is 19.1 Å². The number of Topliss-reactive ketones (excluding diaryl/α,β-unsaturated/α-hetero) is 1. The lowest BCUT2D eigenvalue weighted by Crippen LogP contribution is -2.45. The molecule has 0 spiro atoms. The van der Waals surface area contributed by atoms with Gasteiger partial charge in [-0.2, -0.15) is 0 Å². The molecule has 8 nitrogen and oxygen atoms in total. The molecule has 2 amide bonds. The van der Waals surface area contributed by atoms with Gasteiger partial charge in [0.25, 0.3) is 0 Å². The van der Waals surface area contributed by atoms with Gasteiger partial charge in [-0.3, -0.25) is 19.3 Å². The summed E-state index contributed by atoms with van der Waals surface area (Å²) >= 11 is 0. The van der Waals surface area contributed by atoms with Gasteiger partial charge in [0.15, 0.2) is 12.4 Å². The number of imide groups is 1. The first kappa shape index (κ1) is 24.1. The maximum absolute atomic E-state index is 12.8. The first-order valence-electron chi connectivity index (χ1n) is 11.4. The number of esters is 2. The topological polar surface area (TPSA) is 107 Å². The Labute approximate surface area is 202 Å². The molecule has 35 heavy (non-hydrogen) atoms. The first-order valence-corrected chi connectivity index (χ1v) is 11.4. The molecule has 4 atom stereocenters. The Bertz CT molecular complexity index is 1190. The van der Waals surface area contributed by atoms with Crippen molar-refractivity contribution in [2.24, 2.45) is 17.8 Å². The van der Waals surface area contributed by atoms with Crippen LogP contribution in [-0.2, 0) is 19.1 Å². The molecule has 2 aromatic rings. The van der Waals surface area contributed by atoms with Gasteiger partial charge < -0.3 is 9.47 Å². The summed E-state index contributed by atoms with van der Waals surface area (Å²) in [4.78, 5) is 63.7. The fourth-order valence-corrected chi connectivity index (χ4v) is 4.45. The quantitative estimate of drug-likeness (QED) is 0.199. The molecule has 1 heterocycles. The predicted octanol–water partition coefficient (Wildman–Crippen LogP) is 3.22. The third-order valence-corrected chi connectivity index (χ3v) is 6.38. The van der Waals surface area contributed by atoms with Crippen LogP contribution in [0.25, 0.3) is 0 Å². The molecule has 180 valence electrons. The van der Waals surface area contributed by atoms with E-state index in [2.05, 4.69) is 0 Å². The predicted molar refractivity (Wildman–Crippen MR) is 124 cm³/mol. The van der Waals surface area contributed by atoms with Gasteiger partial charge in [-0.05, 0) is 55.7 Å². The summed E-state index contributed by atoms with van der Waals surface area (Å²) < 4.78 is 10.4. The van der Waals surface area contributed by atoms with Gasteiger partial charge in [0.2, 0.25) is 11.8 Å². The largest absolute Gasteiger partial charge is 0.456 e. The summed E-state index contributed by atoms with van der Waals surface area (Å²) in [6.45, 7) is 2.75. The van der Waals surface area contributed by atoms with Crippen LogP contribution in [0.4, 0.5) is 0 Å². The fraction of sp³-hybridized carbons (Fsp3) is 0.296. The van der Waals surface area contributed by atoms with Crippen LogP contribution >= 0.6 is 0 Å². The number of fused-ring (bicyclic) bond motifs is 1. The lowest BCUT2D eigenvalue weighted by Gasteiger charge is -2.23. The highest BCUT2D eigenvalue weighted by molar-refractivity contribution is 6.08. The standard InChI is InChI=1S/C27H25NO7/c1-16-7-6-10-21-23(16)25(31)28(24(21)30)17(2)26(32)34-15-22(29)18-11-13-20(14-12-18)35-27(33)19-8-4-3-5-9-19/h3-9,11-14,16-17,21,23H,10,15H2,1-2H3. The van der Waals surface area contributed by atoms with E-state index < -0.39 is 42.2 Å². The minimum Gasteiger partial charge on any atom is -0.456 e. The third-order valence-electron chi connectivity index (χ3n) is 6.38. The second kappa shape index (κ2) is 10.0. The van der Waals surface area contributed by atoms with Crippen molar-refractivity contribution in [1.82, 2.24) is 4.90 Å². The Morgan fingerprint density at radius 3 is 2.31 bits per heavy atom. The van der Waals surface area contributed by atoms with Crippen molar-refractivity contribution in [2.75, 3.05) is 6.61 Å². The highest BCUT2D eigenvalue weighted by Gasteiger charge is 2.52. The number of allylic oxidation sites excluding steroid dienone is 2. The van der Waals surface area contributed by atoms with Gasteiger partial charge in [0, 0.05) is 5.56 Å². The summed E-state index contributed by atoms with van der Waals surface area (Å²) in [7, 11) is 0. The fourth-order valence-electron chi connectivity index (χ4n) is 4.45. The van der Waals surface area contributed by atoms with Crippen molar-refractivity contribution in [3.63, 3.8) is 0 Å². The molecule has 2 aromatic carbocycles. The van der Waals surface area contributed by atoms with Gasteiger partial charge in [0.05, 0.1) is 17.4 Å². The second-order valence-corrected chi connectivity index (χ2v) is 8.69.